The van der Waals surface area contributed by atoms with Crippen LogP contribution in [0, 0.1) is 5.82 Å². The summed E-state index contributed by atoms with van der Waals surface area (Å²) < 4.78 is 13.6. The second-order valence-electron chi connectivity index (χ2n) is 5.00. The van der Waals surface area contributed by atoms with Crippen molar-refractivity contribution in [1.82, 2.24) is 0 Å². The van der Waals surface area contributed by atoms with Gasteiger partial charge in [0.15, 0.2) is 0 Å². The highest BCUT2D eigenvalue weighted by Crippen LogP contribution is 2.26. The summed E-state index contributed by atoms with van der Waals surface area (Å²) in [5.74, 6) is -0.268. The van der Waals surface area contributed by atoms with Crippen molar-refractivity contribution in [2.75, 3.05) is 18.0 Å². The maximum absolute atomic E-state index is 13.6. The summed E-state index contributed by atoms with van der Waals surface area (Å²) in [5.41, 5.74) is 6.09. The molecular formula is C13H19FN2O. The Balaban J connectivity index is 2.19. The Kier molecular flexibility index (Phi) is 3.35. The van der Waals surface area contributed by atoms with Gasteiger partial charge in [0.1, 0.15) is 5.82 Å². The van der Waals surface area contributed by atoms with Gasteiger partial charge in [0, 0.05) is 30.9 Å². The SMILES string of the molecule is CC1(O)CCCN(c2ccc(CN)c(F)c2)C1. The van der Waals surface area contributed by atoms with Gasteiger partial charge in [-0.2, -0.15) is 0 Å². The molecule has 1 heterocycles. The van der Waals surface area contributed by atoms with E-state index in [9.17, 15) is 9.50 Å². The van der Waals surface area contributed by atoms with Crippen molar-refractivity contribution in [1.29, 1.82) is 0 Å². The molecule has 1 fully saturated rings. The van der Waals surface area contributed by atoms with Gasteiger partial charge in [0.2, 0.25) is 0 Å². The molecule has 0 spiro atoms. The van der Waals surface area contributed by atoms with Gasteiger partial charge in [-0.15, -0.1) is 0 Å². The van der Waals surface area contributed by atoms with Crippen LogP contribution in [0.25, 0.3) is 0 Å². The van der Waals surface area contributed by atoms with Crippen LogP contribution in [0.5, 0.6) is 0 Å². The molecular weight excluding hydrogens is 219 g/mol. The second kappa shape index (κ2) is 4.63. The number of piperidine rings is 1. The zero-order chi connectivity index (χ0) is 12.5. The van der Waals surface area contributed by atoms with Crippen LogP contribution in [0.4, 0.5) is 10.1 Å². The van der Waals surface area contributed by atoms with Crippen molar-refractivity contribution in [3.05, 3.63) is 29.6 Å². The molecule has 1 unspecified atom stereocenters. The van der Waals surface area contributed by atoms with E-state index in [0.29, 0.717) is 12.1 Å². The third-order valence-corrected chi connectivity index (χ3v) is 3.30. The largest absolute Gasteiger partial charge is 0.388 e. The number of anilines is 1. The van der Waals surface area contributed by atoms with Gasteiger partial charge in [0.05, 0.1) is 5.60 Å². The minimum Gasteiger partial charge on any atom is -0.388 e. The Morgan fingerprint density at radius 2 is 2.29 bits per heavy atom. The van der Waals surface area contributed by atoms with Gasteiger partial charge in [-0.3, -0.25) is 0 Å². The van der Waals surface area contributed by atoms with Crippen molar-refractivity contribution in [2.24, 2.45) is 5.73 Å². The zero-order valence-corrected chi connectivity index (χ0v) is 10.1. The highest BCUT2D eigenvalue weighted by atomic mass is 19.1. The van der Waals surface area contributed by atoms with Crippen LogP contribution in [0.15, 0.2) is 18.2 Å². The Labute approximate surface area is 101 Å². The van der Waals surface area contributed by atoms with E-state index >= 15 is 0 Å². The van der Waals surface area contributed by atoms with Crippen molar-refractivity contribution in [3.63, 3.8) is 0 Å². The molecule has 1 aromatic carbocycles. The van der Waals surface area contributed by atoms with Crippen LogP contribution >= 0.6 is 0 Å². The summed E-state index contributed by atoms with van der Waals surface area (Å²) in [6, 6.07) is 5.09. The molecule has 0 saturated carbocycles. The van der Waals surface area contributed by atoms with E-state index in [0.717, 1.165) is 25.1 Å². The molecule has 17 heavy (non-hydrogen) atoms. The predicted octanol–water partition coefficient (Wildman–Crippen LogP) is 1.64. The molecule has 3 nitrogen and oxygen atoms in total. The van der Waals surface area contributed by atoms with E-state index in [4.69, 9.17) is 5.73 Å². The molecule has 1 aromatic rings. The maximum atomic E-state index is 13.6. The zero-order valence-electron chi connectivity index (χ0n) is 10.1. The average Bonchev–Trinajstić information content (AvgIpc) is 2.27. The number of halogens is 1. The Morgan fingerprint density at radius 1 is 1.53 bits per heavy atom. The predicted molar refractivity (Wildman–Crippen MR) is 66.4 cm³/mol. The summed E-state index contributed by atoms with van der Waals surface area (Å²) in [6.07, 6.45) is 1.72. The number of nitrogens with two attached hydrogens (primary N) is 1. The van der Waals surface area contributed by atoms with Crippen molar-refractivity contribution >= 4 is 5.69 Å². The molecule has 1 saturated heterocycles. The van der Waals surface area contributed by atoms with Crippen LogP contribution in [0.2, 0.25) is 0 Å². The molecule has 94 valence electrons. The number of β-amino-alcohol motifs (C(OH)–C–C–N with tert-alkyl or cyclic N) is 1. The number of benzene rings is 1. The highest BCUT2D eigenvalue weighted by Gasteiger charge is 2.28. The minimum atomic E-state index is -0.679. The lowest BCUT2D eigenvalue weighted by Gasteiger charge is -2.38. The van der Waals surface area contributed by atoms with E-state index in [-0.39, 0.29) is 12.4 Å². The van der Waals surface area contributed by atoms with Gasteiger partial charge in [0.25, 0.3) is 0 Å². The number of rotatable bonds is 2. The molecule has 4 heteroatoms. The van der Waals surface area contributed by atoms with Gasteiger partial charge in [-0.05, 0) is 31.9 Å². The highest BCUT2D eigenvalue weighted by molar-refractivity contribution is 5.49. The first-order valence-electron chi connectivity index (χ1n) is 5.98. The van der Waals surface area contributed by atoms with E-state index in [2.05, 4.69) is 0 Å². The Hall–Kier alpha value is -1.13. The van der Waals surface area contributed by atoms with E-state index in [1.54, 1.807) is 6.07 Å². The molecule has 0 radical (unpaired) electrons. The molecule has 1 aliphatic heterocycles. The van der Waals surface area contributed by atoms with Gasteiger partial charge < -0.3 is 15.7 Å². The second-order valence-corrected chi connectivity index (χ2v) is 5.00. The van der Waals surface area contributed by atoms with Crippen molar-refractivity contribution < 1.29 is 9.50 Å². The van der Waals surface area contributed by atoms with E-state index < -0.39 is 5.60 Å². The smallest absolute Gasteiger partial charge is 0.129 e. The first-order chi connectivity index (χ1) is 8.02. The molecule has 1 atom stereocenters. The fraction of sp³-hybridized carbons (Fsp3) is 0.538. The van der Waals surface area contributed by atoms with Crippen LogP contribution in [0.1, 0.15) is 25.3 Å². The summed E-state index contributed by atoms with van der Waals surface area (Å²) in [4.78, 5) is 2.02. The average molecular weight is 238 g/mol. The molecule has 1 aliphatic rings. The number of nitrogens with zero attached hydrogens (tertiary/aromatic N) is 1. The van der Waals surface area contributed by atoms with Gasteiger partial charge in [-0.25, -0.2) is 4.39 Å². The fourth-order valence-corrected chi connectivity index (χ4v) is 2.34. The van der Waals surface area contributed by atoms with E-state index in [1.165, 1.54) is 6.07 Å². The van der Waals surface area contributed by atoms with Gasteiger partial charge >= 0.3 is 0 Å². The lowest BCUT2D eigenvalue weighted by molar-refractivity contribution is 0.0449. The number of hydrogen-bond acceptors (Lipinski definition) is 3. The normalized spacial score (nSPS) is 25.1. The van der Waals surface area contributed by atoms with Crippen LogP contribution in [-0.4, -0.2) is 23.8 Å². The third kappa shape index (κ3) is 2.76. The Morgan fingerprint density at radius 3 is 2.88 bits per heavy atom. The molecule has 2 rings (SSSR count). The number of hydrogen-bond donors (Lipinski definition) is 2. The first-order valence-corrected chi connectivity index (χ1v) is 5.98. The third-order valence-electron chi connectivity index (χ3n) is 3.30. The minimum absolute atomic E-state index is 0.212. The van der Waals surface area contributed by atoms with Crippen LogP contribution < -0.4 is 10.6 Å². The lowest BCUT2D eigenvalue weighted by atomic mass is 9.94. The fourth-order valence-electron chi connectivity index (χ4n) is 2.34. The molecule has 0 aromatic heterocycles. The van der Waals surface area contributed by atoms with Crippen LogP contribution in [0.3, 0.4) is 0 Å². The summed E-state index contributed by atoms with van der Waals surface area (Å²) in [6.45, 7) is 3.44. The molecule has 3 N–H and O–H groups in total. The topological polar surface area (TPSA) is 49.5 Å². The standard InChI is InChI=1S/C13H19FN2O/c1-13(17)5-2-6-16(9-13)11-4-3-10(8-15)12(14)7-11/h3-4,7,17H,2,5-6,8-9,15H2,1H3. The summed E-state index contributed by atoms with van der Waals surface area (Å²) in [5, 5.41) is 10.0. The maximum Gasteiger partial charge on any atom is 0.129 e. The van der Waals surface area contributed by atoms with E-state index in [1.807, 2.05) is 17.9 Å². The van der Waals surface area contributed by atoms with Crippen LogP contribution in [-0.2, 0) is 6.54 Å². The summed E-state index contributed by atoms with van der Waals surface area (Å²) >= 11 is 0. The monoisotopic (exact) mass is 238 g/mol. The van der Waals surface area contributed by atoms with Crippen molar-refractivity contribution in [3.8, 4) is 0 Å². The quantitative estimate of drug-likeness (QED) is 0.823. The number of aliphatic hydroxyl groups is 1. The summed E-state index contributed by atoms with van der Waals surface area (Å²) in [7, 11) is 0. The first kappa shape index (κ1) is 12.3. The Bertz CT molecular complexity index is 406. The molecule has 0 aliphatic carbocycles. The lowest BCUT2D eigenvalue weighted by Crippen LogP contribution is -2.46. The van der Waals surface area contributed by atoms with Crippen molar-refractivity contribution in [2.45, 2.75) is 31.9 Å². The molecule has 0 amide bonds. The van der Waals surface area contributed by atoms with Gasteiger partial charge in [-0.1, -0.05) is 6.07 Å². The molecule has 0 bridgehead atoms.